The molecule has 1 saturated heterocycles. The SMILES string of the molecule is CCc1nc(CN2C(=O)CN(Cc3ccc(OC)cc3)C(=O)[C@@H]2C)no1. The van der Waals surface area contributed by atoms with E-state index in [1.807, 2.05) is 31.2 Å². The van der Waals surface area contributed by atoms with Gasteiger partial charge in [-0.2, -0.15) is 4.98 Å². The number of nitrogens with zero attached hydrogens (tertiary/aromatic N) is 4. The lowest BCUT2D eigenvalue weighted by atomic mass is 10.1. The van der Waals surface area contributed by atoms with Gasteiger partial charge < -0.3 is 19.1 Å². The number of hydrogen-bond acceptors (Lipinski definition) is 6. The van der Waals surface area contributed by atoms with Gasteiger partial charge in [0.2, 0.25) is 17.7 Å². The average Bonchev–Trinajstić information content (AvgIpc) is 3.11. The summed E-state index contributed by atoms with van der Waals surface area (Å²) in [5, 5.41) is 3.86. The van der Waals surface area contributed by atoms with E-state index < -0.39 is 6.04 Å². The normalized spacial score (nSPS) is 17.7. The van der Waals surface area contributed by atoms with Crippen molar-refractivity contribution in [2.75, 3.05) is 13.7 Å². The van der Waals surface area contributed by atoms with E-state index >= 15 is 0 Å². The van der Waals surface area contributed by atoms with Crippen LogP contribution >= 0.6 is 0 Å². The third kappa shape index (κ3) is 3.68. The Morgan fingerprint density at radius 3 is 2.58 bits per heavy atom. The number of aromatic nitrogens is 2. The van der Waals surface area contributed by atoms with Crippen molar-refractivity contribution >= 4 is 11.8 Å². The molecule has 2 heterocycles. The Hall–Kier alpha value is -2.90. The molecule has 0 saturated carbocycles. The molecule has 0 spiro atoms. The van der Waals surface area contributed by atoms with E-state index in [9.17, 15) is 9.59 Å². The van der Waals surface area contributed by atoms with E-state index in [0.29, 0.717) is 24.7 Å². The summed E-state index contributed by atoms with van der Waals surface area (Å²) in [6, 6.07) is 6.88. The van der Waals surface area contributed by atoms with Crippen LogP contribution in [0.5, 0.6) is 5.75 Å². The summed E-state index contributed by atoms with van der Waals surface area (Å²) < 4.78 is 10.2. The molecule has 0 unspecified atom stereocenters. The number of piperazine rings is 1. The van der Waals surface area contributed by atoms with Crippen molar-refractivity contribution in [2.45, 2.75) is 39.4 Å². The van der Waals surface area contributed by atoms with Crippen LogP contribution in [-0.4, -0.2) is 51.5 Å². The molecule has 1 aromatic heterocycles. The summed E-state index contributed by atoms with van der Waals surface area (Å²) >= 11 is 0. The van der Waals surface area contributed by atoms with Crippen molar-refractivity contribution in [2.24, 2.45) is 0 Å². The van der Waals surface area contributed by atoms with E-state index in [4.69, 9.17) is 9.26 Å². The molecule has 1 aromatic carbocycles. The Morgan fingerprint density at radius 2 is 1.96 bits per heavy atom. The van der Waals surface area contributed by atoms with E-state index in [1.165, 1.54) is 4.90 Å². The van der Waals surface area contributed by atoms with E-state index in [0.717, 1.165) is 11.3 Å². The minimum Gasteiger partial charge on any atom is -0.497 e. The predicted octanol–water partition coefficient (Wildman–Crippen LogP) is 1.40. The standard InChI is InChI=1S/C18H22N4O4/c1-4-16-19-15(20-26-16)10-22-12(2)18(24)21(11-17(22)23)9-13-5-7-14(25-3)8-6-13/h5-8,12H,4,9-11H2,1-3H3/t12-/m0/s1. The highest BCUT2D eigenvalue weighted by atomic mass is 16.5. The number of aryl methyl sites for hydroxylation is 1. The Morgan fingerprint density at radius 1 is 1.23 bits per heavy atom. The van der Waals surface area contributed by atoms with Gasteiger partial charge in [0.15, 0.2) is 5.82 Å². The van der Waals surface area contributed by atoms with Crippen LogP contribution in [0.25, 0.3) is 0 Å². The largest absolute Gasteiger partial charge is 0.497 e. The van der Waals surface area contributed by atoms with Gasteiger partial charge in [0.25, 0.3) is 0 Å². The molecule has 0 radical (unpaired) electrons. The fraction of sp³-hybridized carbons (Fsp3) is 0.444. The zero-order valence-corrected chi connectivity index (χ0v) is 15.1. The molecule has 1 atom stereocenters. The molecule has 0 aliphatic carbocycles. The average molecular weight is 358 g/mol. The molecular formula is C18H22N4O4. The maximum atomic E-state index is 12.7. The fourth-order valence-electron chi connectivity index (χ4n) is 2.91. The summed E-state index contributed by atoms with van der Waals surface area (Å²) in [6.45, 7) is 4.22. The first kappa shape index (κ1) is 17.9. The molecule has 2 amide bonds. The fourth-order valence-corrected chi connectivity index (χ4v) is 2.91. The number of benzene rings is 1. The van der Waals surface area contributed by atoms with Gasteiger partial charge in [0.05, 0.1) is 13.7 Å². The van der Waals surface area contributed by atoms with Crippen LogP contribution in [0.2, 0.25) is 0 Å². The van der Waals surface area contributed by atoms with Crippen molar-refractivity contribution in [1.82, 2.24) is 19.9 Å². The van der Waals surface area contributed by atoms with Crippen molar-refractivity contribution in [3.8, 4) is 5.75 Å². The molecule has 8 nitrogen and oxygen atoms in total. The quantitative estimate of drug-likeness (QED) is 0.775. The van der Waals surface area contributed by atoms with Crippen LogP contribution in [0.1, 0.15) is 31.1 Å². The van der Waals surface area contributed by atoms with Gasteiger partial charge in [-0.15, -0.1) is 0 Å². The van der Waals surface area contributed by atoms with Crippen LogP contribution in [-0.2, 0) is 29.1 Å². The lowest BCUT2D eigenvalue weighted by Gasteiger charge is -2.38. The van der Waals surface area contributed by atoms with Crippen LogP contribution in [0.15, 0.2) is 28.8 Å². The number of hydrogen-bond donors (Lipinski definition) is 0. The second-order valence-electron chi connectivity index (χ2n) is 6.20. The zero-order chi connectivity index (χ0) is 18.7. The van der Waals surface area contributed by atoms with E-state index in [2.05, 4.69) is 10.1 Å². The number of amides is 2. The third-order valence-electron chi connectivity index (χ3n) is 4.44. The Bertz CT molecular complexity index is 787. The molecule has 3 rings (SSSR count). The minimum atomic E-state index is -0.571. The van der Waals surface area contributed by atoms with Gasteiger partial charge >= 0.3 is 0 Å². The number of carbonyl (C=O) groups is 2. The zero-order valence-electron chi connectivity index (χ0n) is 15.1. The Labute approximate surface area is 151 Å². The highest BCUT2D eigenvalue weighted by Crippen LogP contribution is 2.19. The molecular weight excluding hydrogens is 336 g/mol. The van der Waals surface area contributed by atoms with Crippen molar-refractivity contribution in [1.29, 1.82) is 0 Å². The maximum absolute atomic E-state index is 12.7. The van der Waals surface area contributed by atoms with Crippen LogP contribution < -0.4 is 4.74 Å². The molecule has 1 aliphatic rings. The summed E-state index contributed by atoms with van der Waals surface area (Å²) in [5.74, 6) is 1.46. The van der Waals surface area contributed by atoms with E-state index in [1.54, 1.807) is 18.9 Å². The van der Waals surface area contributed by atoms with Crippen LogP contribution in [0, 0.1) is 0 Å². The summed E-state index contributed by atoms with van der Waals surface area (Å²) in [7, 11) is 1.60. The first-order chi connectivity index (χ1) is 12.5. The molecule has 138 valence electrons. The third-order valence-corrected chi connectivity index (χ3v) is 4.44. The molecule has 1 aliphatic heterocycles. The lowest BCUT2D eigenvalue weighted by molar-refractivity contribution is -0.156. The first-order valence-electron chi connectivity index (χ1n) is 8.54. The second-order valence-corrected chi connectivity index (χ2v) is 6.20. The number of rotatable bonds is 6. The number of methoxy groups -OCH3 is 1. The van der Waals surface area contributed by atoms with Gasteiger partial charge in [-0.3, -0.25) is 9.59 Å². The molecule has 1 fully saturated rings. The van der Waals surface area contributed by atoms with Gasteiger partial charge in [0, 0.05) is 13.0 Å². The second kappa shape index (κ2) is 7.55. The highest BCUT2D eigenvalue weighted by Gasteiger charge is 2.37. The van der Waals surface area contributed by atoms with Crippen molar-refractivity contribution in [3.63, 3.8) is 0 Å². The maximum Gasteiger partial charge on any atom is 0.245 e. The number of carbonyl (C=O) groups excluding carboxylic acids is 2. The smallest absolute Gasteiger partial charge is 0.245 e. The Balaban J connectivity index is 1.67. The van der Waals surface area contributed by atoms with Gasteiger partial charge in [-0.25, -0.2) is 0 Å². The lowest BCUT2D eigenvalue weighted by Crippen LogP contribution is -2.58. The van der Waals surface area contributed by atoms with Gasteiger partial charge in [-0.1, -0.05) is 24.2 Å². The predicted molar refractivity (Wildman–Crippen MR) is 92.1 cm³/mol. The Kier molecular flexibility index (Phi) is 5.20. The molecule has 8 heteroatoms. The molecule has 0 bridgehead atoms. The first-order valence-corrected chi connectivity index (χ1v) is 8.54. The molecule has 0 N–H and O–H groups in total. The summed E-state index contributed by atoms with van der Waals surface area (Å²) in [4.78, 5) is 32.5. The number of ether oxygens (including phenoxy) is 1. The molecule has 26 heavy (non-hydrogen) atoms. The summed E-state index contributed by atoms with van der Waals surface area (Å²) in [6.07, 6.45) is 0.630. The van der Waals surface area contributed by atoms with Gasteiger partial charge in [-0.05, 0) is 24.6 Å². The minimum absolute atomic E-state index is 0.0354. The molecule has 2 aromatic rings. The van der Waals surface area contributed by atoms with Gasteiger partial charge in [0.1, 0.15) is 18.3 Å². The van der Waals surface area contributed by atoms with E-state index in [-0.39, 0.29) is 24.9 Å². The van der Waals surface area contributed by atoms with Crippen LogP contribution in [0.3, 0.4) is 0 Å². The topological polar surface area (TPSA) is 88.8 Å². The van der Waals surface area contributed by atoms with Crippen molar-refractivity contribution in [3.05, 3.63) is 41.5 Å². The highest BCUT2D eigenvalue weighted by molar-refractivity contribution is 5.94. The monoisotopic (exact) mass is 358 g/mol. The van der Waals surface area contributed by atoms with Crippen LogP contribution in [0.4, 0.5) is 0 Å². The summed E-state index contributed by atoms with van der Waals surface area (Å²) in [5.41, 5.74) is 0.943. The van der Waals surface area contributed by atoms with Crippen molar-refractivity contribution < 1.29 is 18.8 Å².